The fourth-order valence-corrected chi connectivity index (χ4v) is 6.31. The molecule has 0 N–H and O–H groups in total. The number of ether oxygens (including phenoxy) is 1. The molecule has 6 heteroatoms. The zero-order chi connectivity index (χ0) is 22.1. The van der Waals surface area contributed by atoms with Crippen LogP contribution in [0.15, 0.2) is 70.6 Å². The first-order chi connectivity index (χ1) is 15.6. The standard InChI is InChI=1S/C26H26N2O2S2/c1-17(2)21-15-20-22(16-30-21)32-24-23(20)25(29)28(19-11-7-4-8-12-19)26(27-24)31-14-13-18-9-5-3-6-10-18/h3-12,17,21H,13-16H2,1-2H3/t21-/m0/s1. The van der Waals surface area contributed by atoms with Gasteiger partial charge in [0.1, 0.15) is 4.83 Å². The summed E-state index contributed by atoms with van der Waals surface area (Å²) in [6, 6.07) is 20.3. The van der Waals surface area contributed by atoms with Gasteiger partial charge in [0.05, 0.1) is 23.8 Å². The Morgan fingerprint density at radius 2 is 1.84 bits per heavy atom. The number of rotatable bonds is 6. The van der Waals surface area contributed by atoms with Gasteiger partial charge in [-0.15, -0.1) is 11.3 Å². The van der Waals surface area contributed by atoms with E-state index in [4.69, 9.17) is 9.72 Å². The van der Waals surface area contributed by atoms with Gasteiger partial charge < -0.3 is 4.74 Å². The molecule has 0 fully saturated rings. The lowest BCUT2D eigenvalue weighted by atomic mass is 9.96. The highest BCUT2D eigenvalue weighted by Crippen LogP contribution is 2.36. The summed E-state index contributed by atoms with van der Waals surface area (Å²) < 4.78 is 7.86. The first-order valence-corrected chi connectivity index (χ1v) is 12.8. The average Bonchev–Trinajstić information content (AvgIpc) is 3.18. The Morgan fingerprint density at radius 1 is 1.12 bits per heavy atom. The van der Waals surface area contributed by atoms with E-state index in [2.05, 4.69) is 38.1 Å². The van der Waals surface area contributed by atoms with E-state index in [1.165, 1.54) is 5.56 Å². The lowest BCUT2D eigenvalue weighted by Gasteiger charge is -2.26. The fraction of sp³-hybridized carbons (Fsp3) is 0.308. The average molecular weight is 463 g/mol. The van der Waals surface area contributed by atoms with Crippen LogP contribution in [-0.2, 0) is 24.2 Å². The van der Waals surface area contributed by atoms with Crippen LogP contribution in [0.3, 0.4) is 0 Å². The Hall–Kier alpha value is -2.41. The van der Waals surface area contributed by atoms with Crippen molar-refractivity contribution < 1.29 is 4.74 Å². The summed E-state index contributed by atoms with van der Waals surface area (Å²) in [7, 11) is 0. The molecule has 5 rings (SSSR count). The van der Waals surface area contributed by atoms with E-state index in [-0.39, 0.29) is 11.7 Å². The van der Waals surface area contributed by atoms with Gasteiger partial charge in [-0.2, -0.15) is 0 Å². The Morgan fingerprint density at radius 3 is 2.56 bits per heavy atom. The van der Waals surface area contributed by atoms with Crippen molar-refractivity contribution in [3.63, 3.8) is 0 Å². The summed E-state index contributed by atoms with van der Waals surface area (Å²) in [6.45, 7) is 4.92. The van der Waals surface area contributed by atoms with Gasteiger partial charge in [0.2, 0.25) is 0 Å². The maximum absolute atomic E-state index is 13.9. The van der Waals surface area contributed by atoms with Crippen LogP contribution in [0.5, 0.6) is 0 Å². The molecule has 4 aromatic rings. The zero-order valence-corrected chi connectivity index (χ0v) is 19.9. The quantitative estimate of drug-likeness (QED) is 0.265. The monoisotopic (exact) mass is 462 g/mol. The number of aryl methyl sites for hydroxylation is 1. The maximum atomic E-state index is 13.9. The molecule has 1 atom stereocenters. The molecule has 3 heterocycles. The Bertz CT molecular complexity index is 1280. The summed E-state index contributed by atoms with van der Waals surface area (Å²) in [4.78, 5) is 20.9. The number of aromatic nitrogens is 2. The third-order valence-electron chi connectivity index (χ3n) is 5.93. The first kappa shape index (κ1) is 21.4. The minimum absolute atomic E-state index is 0.0327. The van der Waals surface area contributed by atoms with Crippen LogP contribution < -0.4 is 5.56 Å². The molecule has 4 nitrogen and oxygen atoms in total. The third kappa shape index (κ3) is 4.15. The minimum Gasteiger partial charge on any atom is -0.372 e. The summed E-state index contributed by atoms with van der Waals surface area (Å²) in [6.07, 6.45) is 1.85. The van der Waals surface area contributed by atoms with Crippen molar-refractivity contribution in [2.45, 2.75) is 44.6 Å². The molecule has 0 spiro atoms. The maximum Gasteiger partial charge on any atom is 0.267 e. The second-order valence-electron chi connectivity index (χ2n) is 8.44. The minimum atomic E-state index is 0.0327. The van der Waals surface area contributed by atoms with E-state index in [0.29, 0.717) is 12.5 Å². The summed E-state index contributed by atoms with van der Waals surface area (Å²) in [5.41, 5.74) is 3.32. The smallest absolute Gasteiger partial charge is 0.267 e. The van der Waals surface area contributed by atoms with Crippen LogP contribution in [0.2, 0.25) is 0 Å². The van der Waals surface area contributed by atoms with Gasteiger partial charge in [0.15, 0.2) is 5.16 Å². The molecular formula is C26H26N2O2S2. The fourth-order valence-electron chi connectivity index (χ4n) is 4.14. The Balaban J connectivity index is 1.58. The van der Waals surface area contributed by atoms with Crippen LogP contribution in [0.4, 0.5) is 0 Å². The highest BCUT2D eigenvalue weighted by Gasteiger charge is 2.28. The first-order valence-electron chi connectivity index (χ1n) is 11.0. The molecule has 0 bridgehead atoms. The molecule has 2 aromatic carbocycles. The van der Waals surface area contributed by atoms with Gasteiger partial charge in [0, 0.05) is 17.1 Å². The van der Waals surface area contributed by atoms with Crippen LogP contribution in [0, 0.1) is 5.92 Å². The number of thiophene rings is 1. The third-order valence-corrected chi connectivity index (χ3v) is 7.97. The van der Waals surface area contributed by atoms with E-state index in [9.17, 15) is 4.79 Å². The molecule has 0 radical (unpaired) electrons. The van der Waals surface area contributed by atoms with E-state index >= 15 is 0 Å². The highest BCUT2D eigenvalue weighted by atomic mass is 32.2. The molecule has 0 aliphatic carbocycles. The SMILES string of the molecule is CC(C)[C@@H]1Cc2c(sc3nc(SCCc4ccccc4)n(-c4ccccc4)c(=O)c23)CO1. The van der Waals surface area contributed by atoms with Crippen molar-refractivity contribution >= 4 is 33.3 Å². The number of thioether (sulfide) groups is 1. The van der Waals surface area contributed by atoms with E-state index < -0.39 is 0 Å². The van der Waals surface area contributed by atoms with Gasteiger partial charge in [-0.25, -0.2) is 4.98 Å². The Kier molecular flexibility index (Phi) is 6.17. The molecule has 0 amide bonds. The topological polar surface area (TPSA) is 44.1 Å². The molecule has 0 saturated heterocycles. The van der Waals surface area contributed by atoms with Gasteiger partial charge in [-0.3, -0.25) is 9.36 Å². The molecule has 1 aliphatic heterocycles. The molecule has 1 aliphatic rings. The largest absolute Gasteiger partial charge is 0.372 e. The molecule has 2 aromatic heterocycles. The molecule has 0 saturated carbocycles. The Labute approximate surface area is 196 Å². The van der Waals surface area contributed by atoms with Crippen molar-refractivity contribution in [2.75, 3.05) is 5.75 Å². The van der Waals surface area contributed by atoms with Gasteiger partial charge in [0.25, 0.3) is 5.56 Å². The second kappa shape index (κ2) is 9.22. The van der Waals surface area contributed by atoms with Crippen molar-refractivity contribution in [1.29, 1.82) is 0 Å². The molecule has 0 unspecified atom stereocenters. The van der Waals surface area contributed by atoms with Gasteiger partial charge >= 0.3 is 0 Å². The second-order valence-corrected chi connectivity index (χ2v) is 10.6. The van der Waals surface area contributed by atoms with Crippen molar-refractivity contribution in [3.05, 3.63) is 87.0 Å². The normalized spacial score (nSPS) is 15.9. The lowest BCUT2D eigenvalue weighted by Crippen LogP contribution is -2.28. The van der Waals surface area contributed by atoms with Gasteiger partial charge in [-0.05, 0) is 35.6 Å². The van der Waals surface area contributed by atoms with Crippen LogP contribution in [0.25, 0.3) is 15.9 Å². The summed E-state index contributed by atoms with van der Waals surface area (Å²) >= 11 is 3.26. The van der Waals surface area contributed by atoms with Crippen LogP contribution in [-0.4, -0.2) is 21.4 Å². The van der Waals surface area contributed by atoms with Crippen molar-refractivity contribution in [1.82, 2.24) is 9.55 Å². The number of benzene rings is 2. The number of fused-ring (bicyclic) bond motifs is 3. The molecule has 32 heavy (non-hydrogen) atoms. The van der Waals surface area contributed by atoms with E-state index in [1.807, 2.05) is 36.4 Å². The van der Waals surface area contributed by atoms with E-state index in [0.717, 1.165) is 50.1 Å². The van der Waals surface area contributed by atoms with Crippen molar-refractivity contribution in [3.8, 4) is 5.69 Å². The number of para-hydroxylation sites is 1. The number of nitrogens with zero attached hydrogens (tertiary/aromatic N) is 2. The number of hydrogen-bond donors (Lipinski definition) is 0. The van der Waals surface area contributed by atoms with Crippen molar-refractivity contribution in [2.24, 2.45) is 5.92 Å². The molecule has 164 valence electrons. The summed E-state index contributed by atoms with van der Waals surface area (Å²) in [5.74, 6) is 1.27. The molecular weight excluding hydrogens is 436 g/mol. The van der Waals surface area contributed by atoms with Gasteiger partial charge in [-0.1, -0.05) is 74.1 Å². The van der Waals surface area contributed by atoms with Crippen LogP contribution in [0.1, 0.15) is 29.9 Å². The predicted octanol–water partition coefficient (Wildman–Crippen LogP) is 5.88. The highest BCUT2D eigenvalue weighted by molar-refractivity contribution is 7.99. The number of hydrogen-bond acceptors (Lipinski definition) is 5. The zero-order valence-electron chi connectivity index (χ0n) is 18.3. The predicted molar refractivity (Wildman–Crippen MR) is 133 cm³/mol. The van der Waals surface area contributed by atoms with Crippen LogP contribution >= 0.6 is 23.1 Å². The summed E-state index contributed by atoms with van der Waals surface area (Å²) in [5, 5.41) is 1.53. The lowest BCUT2D eigenvalue weighted by molar-refractivity contribution is 0.00200. The van der Waals surface area contributed by atoms with E-state index in [1.54, 1.807) is 27.7 Å².